The van der Waals surface area contributed by atoms with Gasteiger partial charge in [-0.15, -0.1) is 0 Å². The maximum atomic E-state index is 12.0. The van der Waals surface area contributed by atoms with Crippen molar-refractivity contribution in [2.45, 2.75) is 18.7 Å². The number of amides is 2. The van der Waals surface area contributed by atoms with E-state index >= 15 is 0 Å². The van der Waals surface area contributed by atoms with Crippen LogP contribution in [0.3, 0.4) is 0 Å². The van der Waals surface area contributed by atoms with Crippen LogP contribution in [0.2, 0.25) is 0 Å². The predicted molar refractivity (Wildman–Crippen MR) is 80.1 cm³/mol. The molecule has 1 aromatic carbocycles. The lowest BCUT2D eigenvalue weighted by Crippen LogP contribution is -2.35. The van der Waals surface area contributed by atoms with Crippen molar-refractivity contribution in [2.75, 3.05) is 5.32 Å². The van der Waals surface area contributed by atoms with Crippen LogP contribution in [0.5, 0.6) is 0 Å². The average Bonchev–Trinajstić information content (AvgIpc) is 2.45. The van der Waals surface area contributed by atoms with Crippen molar-refractivity contribution in [1.29, 1.82) is 0 Å². The molecule has 0 radical (unpaired) electrons. The van der Waals surface area contributed by atoms with Crippen LogP contribution in [0.1, 0.15) is 11.3 Å². The first-order chi connectivity index (χ1) is 10.3. The Balaban J connectivity index is 2.16. The van der Waals surface area contributed by atoms with Gasteiger partial charge < -0.3 is 0 Å². The van der Waals surface area contributed by atoms with Crippen LogP contribution >= 0.6 is 0 Å². The third kappa shape index (κ3) is 3.50. The Morgan fingerprint density at radius 2 is 1.82 bits per heavy atom. The highest BCUT2D eigenvalue weighted by atomic mass is 32.2. The zero-order chi connectivity index (χ0) is 16.3. The summed E-state index contributed by atoms with van der Waals surface area (Å²) in [5, 5.41) is 2.18. The molecule has 22 heavy (non-hydrogen) atoms. The topological polar surface area (TPSA) is 121 Å². The zero-order valence-electron chi connectivity index (χ0n) is 11.9. The maximum Gasteiger partial charge on any atom is 0.335 e. The highest BCUT2D eigenvalue weighted by Crippen LogP contribution is 2.07. The van der Waals surface area contributed by atoms with Crippen molar-refractivity contribution < 1.29 is 13.2 Å². The predicted octanol–water partition coefficient (Wildman–Crippen LogP) is 0.897. The molecule has 0 spiro atoms. The van der Waals surface area contributed by atoms with Gasteiger partial charge in [0, 0.05) is 11.3 Å². The molecule has 8 nitrogen and oxygen atoms in total. The number of nitrogens with one attached hydrogen (secondary N) is 3. The number of hydrogen-bond acceptors (Lipinski definition) is 5. The van der Waals surface area contributed by atoms with E-state index in [1.165, 1.54) is 24.3 Å². The van der Waals surface area contributed by atoms with Crippen molar-refractivity contribution in [3.8, 4) is 0 Å². The highest BCUT2D eigenvalue weighted by Gasteiger charge is 2.17. The molecule has 0 fully saturated rings. The van der Waals surface area contributed by atoms with Crippen LogP contribution in [0.15, 0.2) is 40.0 Å². The zero-order valence-corrected chi connectivity index (χ0v) is 12.7. The summed E-state index contributed by atoms with van der Waals surface area (Å²) in [5.41, 5.74) is 0.446. The third-order valence-corrected chi connectivity index (χ3v) is 4.25. The third-order valence-electron chi connectivity index (χ3n) is 2.91. The lowest BCUT2D eigenvalue weighted by molar-refractivity contribution is 0.256. The van der Waals surface area contributed by atoms with Crippen LogP contribution < -0.4 is 15.6 Å². The minimum Gasteiger partial charge on any atom is -0.292 e. The monoisotopic (exact) mass is 322 g/mol. The van der Waals surface area contributed by atoms with Gasteiger partial charge in [-0.2, -0.15) is 0 Å². The van der Waals surface area contributed by atoms with E-state index in [4.69, 9.17) is 0 Å². The molecule has 2 rings (SSSR count). The van der Waals surface area contributed by atoms with Gasteiger partial charge in [0.2, 0.25) is 5.95 Å². The second kappa shape index (κ2) is 5.98. The van der Waals surface area contributed by atoms with Crippen molar-refractivity contribution in [3.63, 3.8) is 0 Å². The SMILES string of the molecule is Cc1nc(NC(=O)NS(=O)(=O)c2ccccc2)[nH]c(=O)c1C. The molecular formula is C13H14N4O4S. The first-order valence-corrected chi connectivity index (χ1v) is 7.74. The van der Waals surface area contributed by atoms with Gasteiger partial charge in [-0.25, -0.2) is 22.9 Å². The van der Waals surface area contributed by atoms with Gasteiger partial charge in [-0.1, -0.05) is 18.2 Å². The largest absolute Gasteiger partial charge is 0.335 e. The second-order valence-electron chi connectivity index (χ2n) is 4.50. The number of H-pyrrole nitrogens is 1. The summed E-state index contributed by atoms with van der Waals surface area (Å²) in [6.45, 7) is 3.19. The van der Waals surface area contributed by atoms with E-state index in [9.17, 15) is 18.0 Å². The lowest BCUT2D eigenvalue weighted by Gasteiger charge is -2.08. The number of hydrogen-bond donors (Lipinski definition) is 3. The van der Waals surface area contributed by atoms with E-state index < -0.39 is 21.6 Å². The molecule has 3 N–H and O–H groups in total. The van der Waals surface area contributed by atoms with E-state index in [0.29, 0.717) is 11.3 Å². The summed E-state index contributed by atoms with van der Waals surface area (Å²) in [4.78, 5) is 29.6. The number of nitrogens with zero attached hydrogens (tertiary/aromatic N) is 1. The normalized spacial score (nSPS) is 11.0. The van der Waals surface area contributed by atoms with Gasteiger partial charge in [0.1, 0.15) is 0 Å². The van der Waals surface area contributed by atoms with Gasteiger partial charge >= 0.3 is 6.03 Å². The van der Waals surface area contributed by atoms with Crippen LogP contribution in [0.25, 0.3) is 0 Å². The van der Waals surface area contributed by atoms with Crippen molar-refractivity contribution in [3.05, 3.63) is 51.9 Å². The lowest BCUT2D eigenvalue weighted by atomic mass is 10.3. The number of aromatic nitrogens is 2. The Labute approximate surface area is 126 Å². The van der Waals surface area contributed by atoms with E-state index in [1.54, 1.807) is 19.9 Å². The molecule has 9 heteroatoms. The molecule has 0 atom stereocenters. The Morgan fingerprint density at radius 1 is 1.18 bits per heavy atom. The van der Waals surface area contributed by atoms with Crippen LogP contribution in [-0.4, -0.2) is 24.4 Å². The second-order valence-corrected chi connectivity index (χ2v) is 6.18. The van der Waals surface area contributed by atoms with Gasteiger partial charge in [0.25, 0.3) is 15.6 Å². The Hall–Kier alpha value is -2.68. The molecule has 0 saturated heterocycles. The number of aromatic amines is 1. The van der Waals surface area contributed by atoms with E-state index in [-0.39, 0.29) is 10.8 Å². The number of urea groups is 1. The van der Waals surface area contributed by atoms with Gasteiger partial charge in [0.15, 0.2) is 0 Å². The van der Waals surface area contributed by atoms with Gasteiger partial charge in [0.05, 0.1) is 4.90 Å². The first kappa shape index (κ1) is 15.7. The quantitative estimate of drug-likeness (QED) is 0.775. The summed E-state index contributed by atoms with van der Waals surface area (Å²) in [7, 11) is -3.99. The molecule has 0 aliphatic carbocycles. The molecule has 1 aromatic heterocycles. The fraction of sp³-hybridized carbons (Fsp3) is 0.154. The Kier molecular flexibility index (Phi) is 4.27. The summed E-state index contributed by atoms with van der Waals surface area (Å²) in [6.07, 6.45) is 0. The molecular weight excluding hydrogens is 308 g/mol. The van der Waals surface area contributed by atoms with Gasteiger partial charge in [-0.3, -0.25) is 15.1 Å². The average molecular weight is 322 g/mol. The molecule has 0 unspecified atom stereocenters. The standard InChI is InChI=1S/C13H14N4O4S/c1-8-9(2)14-12(15-11(8)18)16-13(19)17-22(20,21)10-6-4-3-5-7-10/h3-7H,1-2H3,(H3,14,15,16,17,18,19). The summed E-state index contributed by atoms with van der Waals surface area (Å²) >= 11 is 0. The van der Waals surface area contributed by atoms with Crippen LogP contribution in [-0.2, 0) is 10.0 Å². The number of benzene rings is 1. The van der Waals surface area contributed by atoms with Crippen molar-refractivity contribution in [1.82, 2.24) is 14.7 Å². The smallest absolute Gasteiger partial charge is 0.292 e. The minimum atomic E-state index is -3.99. The maximum absolute atomic E-state index is 12.0. The molecule has 0 bridgehead atoms. The number of aryl methyl sites for hydroxylation is 1. The Morgan fingerprint density at radius 3 is 2.41 bits per heavy atom. The molecule has 0 saturated carbocycles. The summed E-state index contributed by atoms with van der Waals surface area (Å²) in [5.74, 6) is -0.131. The van der Waals surface area contributed by atoms with Crippen molar-refractivity contribution in [2.24, 2.45) is 0 Å². The molecule has 0 aliphatic rings. The molecule has 2 aromatic rings. The van der Waals surface area contributed by atoms with E-state index in [2.05, 4.69) is 15.3 Å². The van der Waals surface area contributed by atoms with Gasteiger partial charge in [-0.05, 0) is 26.0 Å². The van der Waals surface area contributed by atoms with E-state index in [0.717, 1.165) is 0 Å². The minimum absolute atomic E-state index is 0.0494. The summed E-state index contributed by atoms with van der Waals surface area (Å²) < 4.78 is 25.7. The van der Waals surface area contributed by atoms with Crippen LogP contribution in [0, 0.1) is 13.8 Å². The molecule has 2 amide bonds. The number of carbonyl (C=O) groups excluding carboxylic acids is 1. The molecule has 116 valence electrons. The number of sulfonamides is 1. The Bertz CT molecular complexity index is 859. The number of carbonyl (C=O) groups is 1. The fourth-order valence-corrected chi connectivity index (χ4v) is 2.55. The fourth-order valence-electron chi connectivity index (χ4n) is 1.62. The molecule has 1 heterocycles. The van der Waals surface area contributed by atoms with Crippen LogP contribution in [0.4, 0.5) is 10.7 Å². The van der Waals surface area contributed by atoms with E-state index in [1.807, 2.05) is 4.72 Å². The highest BCUT2D eigenvalue weighted by molar-refractivity contribution is 7.90. The van der Waals surface area contributed by atoms with Crippen molar-refractivity contribution >= 4 is 22.0 Å². The molecule has 0 aliphatic heterocycles. The summed E-state index contributed by atoms with van der Waals surface area (Å²) in [6, 6.07) is 6.42. The number of anilines is 1. The number of rotatable bonds is 3. The first-order valence-electron chi connectivity index (χ1n) is 6.26.